The van der Waals surface area contributed by atoms with Gasteiger partial charge in [0, 0.05) is 12.0 Å². The predicted octanol–water partition coefficient (Wildman–Crippen LogP) is 3.70. The summed E-state index contributed by atoms with van der Waals surface area (Å²) in [6, 6.07) is 6.91. The zero-order valence-electron chi connectivity index (χ0n) is 14.4. The summed E-state index contributed by atoms with van der Waals surface area (Å²) in [6.07, 6.45) is 3.64. The van der Waals surface area contributed by atoms with Crippen molar-refractivity contribution in [2.75, 3.05) is 0 Å². The number of sulfone groups is 1. The molecule has 3 rings (SSSR count). The molecule has 1 aromatic carbocycles. The van der Waals surface area contributed by atoms with Crippen LogP contribution >= 0.6 is 0 Å². The number of carbonyl (C=O) groups is 1. The fourth-order valence-electron chi connectivity index (χ4n) is 2.91. The van der Waals surface area contributed by atoms with E-state index in [9.17, 15) is 13.2 Å². The van der Waals surface area contributed by atoms with Crippen LogP contribution in [0.2, 0.25) is 0 Å². The molecule has 2 aliphatic rings. The van der Waals surface area contributed by atoms with E-state index in [0.29, 0.717) is 23.3 Å². The van der Waals surface area contributed by atoms with E-state index in [4.69, 9.17) is 9.47 Å². The number of benzene rings is 1. The van der Waals surface area contributed by atoms with Gasteiger partial charge >= 0.3 is 5.97 Å². The largest absolute Gasteiger partial charge is 0.432 e. The quantitative estimate of drug-likeness (QED) is 0.569. The molecule has 0 radical (unpaired) electrons. The van der Waals surface area contributed by atoms with Crippen LogP contribution in [0, 0.1) is 0 Å². The lowest BCUT2D eigenvalue weighted by Gasteiger charge is -2.30. The van der Waals surface area contributed by atoms with Gasteiger partial charge in [-0.05, 0) is 49.8 Å². The summed E-state index contributed by atoms with van der Waals surface area (Å²) in [4.78, 5) is 12.2. The fraction of sp³-hybridized carbons (Fsp3) is 0.526. The van der Waals surface area contributed by atoms with Gasteiger partial charge in [-0.3, -0.25) is 0 Å². The minimum absolute atomic E-state index is 0.195. The number of hydrogen-bond donors (Lipinski definition) is 0. The molecule has 1 aliphatic carbocycles. The molecule has 6 heteroatoms. The lowest BCUT2D eigenvalue weighted by molar-refractivity contribution is -0.200. The third-order valence-corrected chi connectivity index (χ3v) is 7.00. The molecule has 136 valence electrons. The van der Waals surface area contributed by atoms with Crippen molar-refractivity contribution in [1.29, 1.82) is 0 Å². The van der Waals surface area contributed by atoms with Crippen LogP contribution in [-0.2, 0) is 24.1 Å². The molecule has 1 heterocycles. The van der Waals surface area contributed by atoms with Gasteiger partial charge < -0.3 is 9.47 Å². The van der Waals surface area contributed by atoms with E-state index in [2.05, 4.69) is 6.58 Å². The number of hydrogen-bond acceptors (Lipinski definition) is 5. The molecule has 2 atom stereocenters. The van der Waals surface area contributed by atoms with Gasteiger partial charge in [-0.15, -0.1) is 0 Å². The smallest absolute Gasteiger partial charge is 0.335 e. The fourth-order valence-corrected chi connectivity index (χ4v) is 4.57. The van der Waals surface area contributed by atoms with Crippen molar-refractivity contribution in [3.05, 3.63) is 42.0 Å². The van der Waals surface area contributed by atoms with Crippen molar-refractivity contribution in [1.82, 2.24) is 0 Å². The summed E-state index contributed by atoms with van der Waals surface area (Å²) in [5.74, 6) is -0.418. The first-order valence-electron chi connectivity index (χ1n) is 8.80. The standard InChI is InChI=1S/C19H24O5S/c1-3-13(2)19(20)24-18-6-4-5-17(23-18)14-7-9-15(10-8-14)25(21,22)16-11-12-16/h7-10,16-18H,2-6,11-12H2,1H3. The summed E-state index contributed by atoms with van der Waals surface area (Å²) in [5.41, 5.74) is 1.34. The van der Waals surface area contributed by atoms with Crippen LogP contribution in [0.4, 0.5) is 0 Å². The van der Waals surface area contributed by atoms with Gasteiger partial charge in [0.2, 0.25) is 6.29 Å². The second kappa shape index (κ2) is 7.30. The lowest BCUT2D eigenvalue weighted by Crippen LogP contribution is -2.28. The first kappa shape index (κ1) is 18.1. The maximum absolute atomic E-state index is 12.3. The minimum Gasteiger partial charge on any atom is -0.432 e. The second-order valence-electron chi connectivity index (χ2n) is 6.66. The van der Waals surface area contributed by atoms with Crippen LogP contribution < -0.4 is 0 Å². The van der Waals surface area contributed by atoms with Crippen molar-refractivity contribution in [3.63, 3.8) is 0 Å². The zero-order valence-corrected chi connectivity index (χ0v) is 15.3. The average Bonchev–Trinajstić information content (AvgIpc) is 3.47. The molecule has 1 saturated heterocycles. The zero-order chi connectivity index (χ0) is 18.0. The third kappa shape index (κ3) is 4.12. The van der Waals surface area contributed by atoms with Crippen molar-refractivity contribution in [3.8, 4) is 0 Å². The molecule has 1 saturated carbocycles. The Kier molecular flexibility index (Phi) is 5.29. The lowest BCUT2D eigenvalue weighted by atomic mass is 10.0. The molecule has 0 N–H and O–H groups in total. The number of esters is 1. The Morgan fingerprint density at radius 1 is 1.20 bits per heavy atom. The molecular weight excluding hydrogens is 340 g/mol. The second-order valence-corrected chi connectivity index (χ2v) is 8.89. The molecule has 1 aliphatic heterocycles. The van der Waals surface area contributed by atoms with Crippen molar-refractivity contribution in [2.24, 2.45) is 0 Å². The topological polar surface area (TPSA) is 69.7 Å². The molecule has 0 amide bonds. The van der Waals surface area contributed by atoms with Crippen molar-refractivity contribution in [2.45, 2.75) is 68.0 Å². The van der Waals surface area contributed by atoms with Gasteiger partial charge in [0.15, 0.2) is 9.84 Å². The molecule has 5 nitrogen and oxygen atoms in total. The molecule has 2 unspecified atom stereocenters. The number of rotatable bonds is 6. The number of ether oxygens (including phenoxy) is 2. The summed E-state index contributed by atoms with van der Waals surface area (Å²) in [5, 5.41) is -0.209. The molecule has 0 aromatic heterocycles. The van der Waals surface area contributed by atoms with E-state index >= 15 is 0 Å². The van der Waals surface area contributed by atoms with E-state index in [0.717, 1.165) is 31.2 Å². The van der Waals surface area contributed by atoms with Crippen LogP contribution in [0.5, 0.6) is 0 Å². The highest BCUT2D eigenvalue weighted by atomic mass is 32.2. The van der Waals surface area contributed by atoms with Crippen molar-refractivity contribution < 1.29 is 22.7 Å². The first-order valence-corrected chi connectivity index (χ1v) is 10.3. The highest BCUT2D eigenvalue weighted by Gasteiger charge is 2.37. The Morgan fingerprint density at radius 2 is 1.88 bits per heavy atom. The Bertz CT molecular complexity index is 747. The van der Waals surface area contributed by atoms with E-state index < -0.39 is 22.1 Å². The number of carbonyl (C=O) groups excluding carboxylic acids is 1. The van der Waals surface area contributed by atoms with E-state index in [1.165, 1.54) is 0 Å². The Hall–Kier alpha value is -1.66. The highest BCUT2D eigenvalue weighted by Crippen LogP contribution is 2.35. The van der Waals surface area contributed by atoms with Gasteiger partial charge in [0.1, 0.15) is 0 Å². The summed E-state index contributed by atoms with van der Waals surface area (Å²) in [6.45, 7) is 5.53. The Morgan fingerprint density at radius 3 is 2.48 bits per heavy atom. The summed E-state index contributed by atoms with van der Waals surface area (Å²) < 4.78 is 35.7. The third-order valence-electron chi connectivity index (χ3n) is 4.72. The monoisotopic (exact) mass is 364 g/mol. The van der Waals surface area contributed by atoms with Crippen molar-refractivity contribution >= 4 is 15.8 Å². The van der Waals surface area contributed by atoms with Crippen LogP contribution in [0.3, 0.4) is 0 Å². The first-order chi connectivity index (χ1) is 11.9. The normalized spacial score (nSPS) is 23.9. The molecule has 25 heavy (non-hydrogen) atoms. The highest BCUT2D eigenvalue weighted by molar-refractivity contribution is 7.92. The van der Waals surface area contributed by atoms with E-state index in [1.54, 1.807) is 24.3 Å². The van der Waals surface area contributed by atoms with Crippen LogP contribution in [0.1, 0.15) is 57.1 Å². The molecular formula is C19H24O5S. The van der Waals surface area contributed by atoms with Gasteiger partial charge in [-0.1, -0.05) is 25.6 Å². The molecule has 0 bridgehead atoms. The molecule has 0 spiro atoms. The predicted molar refractivity (Wildman–Crippen MR) is 93.6 cm³/mol. The maximum atomic E-state index is 12.3. The SMILES string of the molecule is C=C(CC)C(=O)OC1CCCC(c2ccc(S(=O)(=O)C3CC3)cc2)O1. The van der Waals surface area contributed by atoms with Gasteiger partial charge in [0.25, 0.3) is 0 Å². The Labute approximate surface area is 148 Å². The van der Waals surface area contributed by atoms with E-state index in [-0.39, 0.29) is 11.4 Å². The minimum atomic E-state index is -3.17. The average molecular weight is 364 g/mol. The van der Waals surface area contributed by atoms with Crippen LogP contribution in [0.15, 0.2) is 41.3 Å². The summed E-state index contributed by atoms with van der Waals surface area (Å²) >= 11 is 0. The molecule has 1 aromatic rings. The van der Waals surface area contributed by atoms with Gasteiger partial charge in [-0.25, -0.2) is 13.2 Å². The van der Waals surface area contributed by atoms with Gasteiger partial charge in [0.05, 0.1) is 16.2 Å². The maximum Gasteiger partial charge on any atom is 0.335 e. The van der Waals surface area contributed by atoms with E-state index in [1.807, 2.05) is 6.92 Å². The van der Waals surface area contributed by atoms with Gasteiger partial charge in [-0.2, -0.15) is 0 Å². The Balaban J connectivity index is 1.65. The van der Waals surface area contributed by atoms with Crippen LogP contribution in [0.25, 0.3) is 0 Å². The molecule has 2 fully saturated rings. The van der Waals surface area contributed by atoms with Crippen LogP contribution in [-0.4, -0.2) is 25.9 Å². The summed E-state index contributed by atoms with van der Waals surface area (Å²) in [7, 11) is -3.17.